The Hall–Kier alpha value is -5.23. The van der Waals surface area contributed by atoms with E-state index in [0.717, 1.165) is 161 Å². The van der Waals surface area contributed by atoms with Crippen molar-refractivity contribution in [3.63, 3.8) is 0 Å². The Bertz CT molecular complexity index is 1740. The van der Waals surface area contributed by atoms with Gasteiger partial charge in [0.1, 0.15) is 13.2 Å². The van der Waals surface area contributed by atoms with Crippen LogP contribution < -0.4 is 0 Å². The van der Waals surface area contributed by atoms with Gasteiger partial charge in [0.25, 0.3) is 0 Å². The standard InChI is InChI=1S/C68H104O6/c1-4-7-10-13-16-19-22-24-26-28-30-32-33-34-35-37-38-40-42-44-46-49-52-55-58-61-67(70)73-64-65(63-72-66(69)60-57-54-51-48-21-18-15-12-9-6-3)74-68(71)62-59-56-53-50-47-45-43-41-39-36-31-29-27-25-23-20-17-14-11-8-5-2/h7-8,10-12,15-17,19-20,24-27,30-32,34-36,38,40-41,43-44,46-47,50,65H,4-6,9,13-14,18,21-23,28-29,33,37,39,42,45,48-49,51-64H2,1-3H3/b10-7-,11-8-,15-12-,19-16-,20-17-,26-24-,27-25-,32-30-,35-34-,36-31-,40-38-,43-41-,46-44-,50-47-. The Morgan fingerprint density at radius 1 is 0.284 bits per heavy atom. The minimum atomic E-state index is -0.828. The first-order valence-electron chi connectivity index (χ1n) is 29.1. The van der Waals surface area contributed by atoms with Crippen molar-refractivity contribution in [2.75, 3.05) is 13.2 Å². The fourth-order valence-electron chi connectivity index (χ4n) is 7.13. The molecule has 1 unspecified atom stereocenters. The molecular weight excluding hydrogens is 913 g/mol. The van der Waals surface area contributed by atoms with E-state index in [4.69, 9.17) is 14.2 Å². The van der Waals surface area contributed by atoms with Gasteiger partial charge in [-0.15, -0.1) is 0 Å². The molecule has 6 nitrogen and oxygen atoms in total. The predicted octanol–water partition coefficient (Wildman–Crippen LogP) is 19.9. The Kier molecular flexibility index (Phi) is 56.1. The van der Waals surface area contributed by atoms with Crippen LogP contribution >= 0.6 is 0 Å². The Labute approximate surface area is 453 Å². The lowest BCUT2D eigenvalue weighted by Crippen LogP contribution is -2.30. The van der Waals surface area contributed by atoms with Crippen molar-refractivity contribution in [1.29, 1.82) is 0 Å². The van der Waals surface area contributed by atoms with Crippen molar-refractivity contribution in [2.24, 2.45) is 0 Å². The zero-order valence-corrected chi connectivity index (χ0v) is 47.0. The third-order valence-electron chi connectivity index (χ3n) is 11.4. The number of carbonyl (C=O) groups excluding carboxylic acids is 3. The number of hydrogen-bond acceptors (Lipinski definition) is 6. The maximum Gasteiger partial charge on any atom is 0.306 e. The molecule has 0 aliphatic rings. The van der Waals surface area contributed by atoms with Gasteiger partial charge in [-0.1, -0.05) is 223 Å². The lowest BCUT2D eigenvalue weighted by molar-refractivity contribution is -0.167. The second-order valence-electron chi connectivity index (χ2n) is 18.4. The van der Waals surface area contributed by atoms with Gasteiger partial charge in [-0.05, 0) is 148 Å². The fraction of sp³-hybridized carbons (Fsp3) is 0.544. The third kappa shape index (κ3) is 57.7. The lowest BCUT2D eigenvalue weighted by atomic mass is 10.1. The highest BCUT2D eigenvalue weighted by molar-refractivity contribution is 5.71. The Morgan fingerprint density at radius 3 is 0.878 bits per heavy atom. The number of hydrogen-bond donors (Lipinski definition) is 0. The van der Waals surface area contributed by atoms with Crippen LogP contribution in [0.15, 0.2) is 170 Å². The maximum atomic E-state index is 12.8. The maximum absolute atomic E-state index is 12.8. The summed E-state index contributed by atoms with van der Waals surface area (Å²) in [6.45, 7) is 6.25. The largest absolute Gasteiger partial charge is 0.462 e. The van der Waals surface area contributed by atoms with Crippen molar-refractivity contribution in [1.82, 2.24) is 0 Å². The van der Waals surface area contributed by atoms with Crippen molar-refractivity contribution in [3.8, 4) is 0 Å². The molecule has 0 aromatic heterocycles. The van der Waals surface area contributed by atoms with Gasteiger partial charge in [0.05, 0.1) is 0 Å². The van der Waals surface area contributed by atoms with Gasteiger partial charge in [-0.3, -0.25) is 14.4 Å². The molecule has 0 radical (unpaired) electrons. The quantitative estimate of drug-likeness (QED) is 0.0261. The molecule has 0 bridgehead atoms. The fourth-order valence-corrected chi connectivity index (χ4v) is 7.13. The molecule has 0 rings (SSSR count). The summed E-state index contributed by atoms with van der Waals surface area (Å²) < 4.78 is 16.8. The smallest absolute Gasteiger partial charge is 0.306 e. The minimum absolute atomic E-state index is 0.120. The summed E-state index contributed by atoms with van der Waals surface area (Å²) in [5, 5.41) is 0. The molecule has 1 atom stereocenters. The third-order valence-corrected chi connectivity index (χ3v) is 11.4. The second-order valence-corrected chi connectivity index (χ2v) is 18.4. The zero-order valence-electron chi connectivity index (χ0n) is 47.0. The summed E-state index contributed by atoms with van der Waals surface area (Å²) in [5.74, 6) is -1.02. The molecule has 0 aromatic carbocycles. The zero-order chi connectivity index (χ0) is 53.6. The molecule has 0 spiro atoms. The van der Waals surface area contributed by atoms with E-state index in [1.54, 1.807) is 0 Å². The van der Waals surface area contributed by atoms with Crippen LogP contribution in [-0.2, 0) is 28.6 Å². The lowest BCUT2D eigenvalue weighted by Gasteiger charge is -2.18. The van der Waals surface area contributed by atoms with Crippen LogP contribution in [0.4, 0.5) is 0 Å². The summed E-state index contributed by atoms with van der Waals surface area (Å²) in [4.78, 5) is 38.1. The second kappa shape index (κ2) is 60.3. The van der Waals surface area contributed by atoms with E-state index < -0.39 is 6.10 Å². The molecule has 0 amide bonds. The van der Waals surface area contributed by atoms with Gasteiger partial charge in [0.15, 0.2) is 6.10 Å². The van der Waals surface area contributed by atoms with Gasteiger partial charge >= 0.3 is 17.9 Å². The molecule has 0 fully saturated rings. The number of unbranched alkanes of at least 4 members (excludes halogenated alkanes) is 11. The predicted molar refractivity (Wildman–Crippen MR) is 320 cm³/mol. The first kappa shape index (κ1) is 68.8. The van der Waals surface area contributed by atoms with E-state index >= 15 is 0 Å². The van der Waals surface area contributed by atoms with E-state index in [1.165, 1.54) is 12.8 Å². The molecule has 0 aliphatic heterocycles. The topological polar surface area (TPSA) is 78.9 Å². The Morgan fingerprint density at radius 2 is 0.527 bits per heavy atom. The van der Waals surface area contributed by atoms with Crippen LogP contribution in [-0.4, -0.2) is 37.2 Å². The van der Waals surface area contributed by atoms with E-state index in [2.05, 4.69) is 191 Å². The van der Waals surface area contributed by atoms with Gasteiger partial charge in [-0.2, -0.15) is 0 Å². The van der Waals surface area contributed by atoms with E-state index in [9.17, 15) is 14.4 Å². The molecule has 0 aromatic rings. The number of carbonyl (C=O) groups is 3. The van der Waals surface area contributed by atoms with Crippen LogP contribution in [0.5, 0.6) is 0 Å². The van der Waals surface area contributed by atoms with Gasteiger partial charge in [-0.25, -0.2) is 0 Å². The molecule has 0 saturated heterocycles. The molecule has 0 aliphatic carbocycles. The highest BCUT2D eigenvalue weighted by atomic mass is 16.6. The first-order chi connectivity index (χ1) is 36.5. The molecule has 6 heteroatoms. The highest BCUT2D eigenvalue weighted by Gasteiger charge is 2.19. The normalized spacial score (nSPS) is 13.4. The van der Waals surface area contributed by atoms with Crippen LogP contribution in [0.1, 0.15) is 220 Å². The number of ether oxygens (including phenoxy) is 3. The summed E-state index contributed by atoms with van der Waals surface area (Å²) >= 11 is 0. The average Bonchev–Trinajstić information content (AvgIpc) is 3.40. The molecule has 0 saturated carbocycles. The van der Waals surface area contributed by atoms with Gasteiger partial charge < -0.3 is 14.2 Å². The van der Waals surface area contributed by atoms with E-state index in [1.807, 2.05) is 0 Å². The molecule has 74 heavy (non-hydrogen) atoms. The molecular formula is C68H104O6. The number of esters is 3. The van der Waals surface area contributed by atoms with Crippen molar-refractivity contribution in [2.45, 2.75) is 226 Å². The monoisotopic (exact) mass is 1020 g/mol. The average molecular weight is 1020 g/mol. The first-order valence-corrected chi connectivity index (χ1v) is 29.1. The summed E-state index contributed by atoms with van der Waals surface area (Å²) in [7, 11) is 0. The Balaban J connectivity index is 4.49. The SMILES string of the molecule is CC/C=C\C/C=C\C/C=C\C/C=C\C/C=C\C/C=C\C/C=C\CCCCCC(=O)OCC(COC(=O)CCCCCCC/C=C\CCC)OC(=O)CCCC/C=C\C/C=C\C/C=C\C/C=C\C/C=C\C/C=C\CC. The van der Waals surface area contributed by atoms with Crippen LogP contribution in [0.2, 0.25) is 0 Å². The van der Waals surface area contributed by atoms with Crippen LogP contribution in [0, 0.1) is 0 Å². The van der Waals surface area contributed by atoms with Crippen molar-refractivity contribution in [3.05, 3.63) is 170 Å². The summed E-state index contributed by atoms with van der Waals surface area (Å²) in [6.07, 6.45) is 89.2. The van der Waals surface area contributed by atoms with Crippen LogP contribution in [0.3, 0.4) is 0 Å². The number of allylic oxidation sites excluding steroid dienone is 28. The minimum Gasteiger partial charge on any atom is -0.462 e. The molecule has 0 heterocycles. The molecule has 412 valence electrons. The summed E-state index contributed by atoms with van der Waals surface area (Å²) in [6, 6.07) is 0. The molecule has 0 N–H and O–H groups in total. The van der Waals surface area contributed by atoms with Gasteiger partial charge in [0.2, 0.25) is 0 Å². The highest BCUT2D eigenvalue weighted by Crippen LogP contribution is 2.12. The van der Waals surface area contributed by atoms with Crippen molar-refractivity contribution < 1.29 is 28.6 Å². The van der Waals surface area contributed by atoms with E-state index in [0.29, 0.717) is 19.3 Å². The van der Waals surface area contributed by atoms with Gasteiger partial charge in [0, 0.05) is 19.3 Å². The van der Waals surface area contributed by atoms with Crippen molar-refractivity contribution >= 4 is 17.9 Å². The van der Waals surface area contributed by atoms with E-state index in [-0.39, 0.29) is 37.5 Å². The summed E-state index contributed by atoms with van der Waals surface area (Å²) in [5.41, 5.74) is 0. The number of rotatable bonds is 50. The van der Waals surface area contributed by atoms with Crippen LogP contribution in [0.25, 0.3) is 0 Å².